The van der Waals surface area contributed by atoms with E-state index in [0.29, 0.717) is 24.1 Å². The van der Waals surface area contributed by atoms with Crippen molar-refractivity contribution in [2.24, 2.45) is 0 Å². The SMILES string of the molecule is CS(=O)(=O)Cc1ccc(C(=O)N2CCCC2CC(O)c2ccccc2)cc1. The normalized spacial score (nSPS) is 18.4. The van der Waals surface area contributed by atoms with Crippen LogP contribution in [0.5, 0.6) is 0 Å². The maximum Gasteiger partial charge on any atom is 0.254 e. The number of carbonyl (C=O) groups excluding carboxylic acids is 1. The Morgan fingerprint density at radius 1 is 1.15 bits per heavy atom. The first-order valence-electron chi connectivity index (χ1n) is 9.14. The van der Waals surface area contributed by atoms with Crippen LogP contribution in [-0.2, 0) is 15.6 Å². The number of aliphatic hydroxyl groups excluding tert-OH is 1. The number of rotatable bonds is 6. The first-order valence-corrected chi connectivity index (χ1v) is 11.2. The number of aliphatic hydroxyl groups is 1. The molecule has 0 radical (unpaired) electrons. The molecule has 2 aromatic carbocycles. The minimum Gasteiger partial charge on any atom is -0.388 e. The van der Waals surface area contributed by atoms with Gasteiger partial charge in [0.15, 0.2) is 9.84 Å². The van der Waals surface area contributed by atoms with Gasteiger partial charge in [0.2, 0.25) is 0 Å². The zero-order valence-corrected chi connectivity index (χ0v) is 16.2. The van der Waals surface area contributed by atoms with Crippen molar-refractivity contribution in [2.75, 3.05) is 12.8 Å². The van der Waals surface area contributed by atoms with Crippen LogP contribution in [0, 0.1) is 0 Å². The van der Waals surface area contributed by atoms with Crippen LogP contribution in [0.3, 0.4) is 0 Å². The number of amides is 1. The maximum absolute atomic E-state index is 12.9. The molecule has 2 atom stereocenters. The highest BCUT2D eigenvalue weighted by Crippen LogP contribution is 2.28. The van der Waals surface area contributed by atoms with Crippen LogP contribution >= 0.6 is 0 Å². The molecule has 1 saturated heterocycles. The highest BCUT2D eigenvalue weighted by Gasteiger charge is 2.31. The molecular formula is C21H25NO4S. The fourth-order valence-electron chi connectivity index (χ4n) is 3.63. The second-order valence-electron chi connectivity index (χ2n) is 7.22. The second kappa shape index (κ2) is 8.23. The quantitative estimate of drug-likeness (QED) is 0.827. The van der Waals surface area contributed by atoms with Crippen LogP contribution in [0.2, 0.25) is 0 Å². The lowest BCUT2D eigenvalue weighted by Gasteiger charge is -2.27. The summed E-state index contributed by atoms with van der Waals surface area (Å²) in [5, 5.41) is 10.5. The van der Waals surface area contributed by atoms with Gasteiger partial charge in [-0.3, -0.25) is 4.79 Å². The molecule has 6 heteroatoms. The number of likely N-dealkylation sites (tertiary alicyclic amines) is 1. The summed E-state index contributed by atoms with van der Waals surface area (Å²) < 4.78 is 22.8. The molecule has 1 aliphatic heterocycles. The van der Waals surface area contributed by atoms with Gasteiger partial charge in [0, 0.05) is 24.4 Å². The topological polar surface area (TPSA) is 74.7 Å². The van der Waals surface area contributed by atoms with E-state index in [0.717, 1.165) is 18.4 Å². The number of hydrogen-bond donors (Lipinski definition) is 1. The number of sulfone groups is 1. The third-order valence-electron chi connectivity index (χ3n) is 4.95. The average molecular weight is 388 g/mol. The van der Waals surface area contributed by atoms with E-state index in [-0.39, 0.29) is 17.7 Å². The summed E-state index contributed by atoms with van der Waals surface area (Å²) in [7, 11) is -3.10. The van der Waals surface area contributed by atoms with E-state index in [1.807, 2.05) is 35.2 Å². The van der Waals surface area contributed by atoms with Gasteiger partial charge >= 0.3 is 0 Å². The van der Waals surface area contributed by atoms with Crippen LogP contribution < -0.4 is 0 Å². The molecule has 2 aromatic rings. The van der Waals surface area contributed by atoms with E-state index in [2.05, 4.69) is 0 Å². The molecule has 5 nitrogen and oxygen atoms in total. The third kappa shape index (κ3) is 5.17. The molecular weight excluding hydrogens is 362 g/mol. The van der Waals surface area contributed by atoms with Crippen LogP contribution in [-0.4, -0.2) is 43.2 Å². The van der Waals surface area contributed by atoms with Crippen molar-refractivity contribution in [1.29, 1.82) is 0 Å². The molecule has 0 saturated carbocycles. The summed E-state index contributed by atoms with van der Waals surface area (Å²) in [6.45, 7) is 0.677. The minimum absolute atomic E-state index is 0.00315. The van der Waals surface area contributed by atoms with Gasteiger partial charge in [0.1, 0.15) is 0 Å². The second-order valence-corrected chi connectivity index (χ2v) is 9.36. The molecule has 3 rings (SSSR count). The van der Waals surface area contributed by atoms with Gasteiger partial charge in [-0.25, -0.2) is 8.42 Å². The molecule has 0 aromatic heterocycles. The summed E-state index contributed by atoms with van der Waals surface area (Å²) in [6, 6.07) is 16.3. The van der Waals surface area contributed by atoms with Gasteiger partial charge in [-0.15, -0.1) is 0 Å². The number of benzene rings is 2. The van der Waals surface area contributed by atoms with Gasteiger partial charge < -0.3 is 10.0 Å². The summed E-state index contributed by atoms with van der Waals surface area (Å²) in [5.41, 5.74) is 2.09. The zero-order chi connectivity index (χ0) is 19.4. The molecule has 1 fully saturated rings. The largest absolute Gasteiger partial charge is 0.388 e. The fourth-order valence-corrected chi connectivity index (χ4v) is 4.43. The predicted molar refractivity (Wildman–Crippen MR) is 105 cm³/mol. The highest BCUT2D eigenvalue weighted by molar-refractivity contribution is 7.89. The smallest absolute Gasteiger partial charge is 0.254 e. The molecule has 2 unspecified atom stereocenters. The Labute approximate surface area is 160 Å². The molecule has 0 aliphatic carbocycles. The Morgan fingerprint density at radius 3 is 2.44 bits per heavy atom. The predicted octanol–water partition coefficient (Wildman–Crippen LogP) is 2.96. The maximum atomic E-state index is 12.9. The van der Waals surface area contributed by atoms with Crippen LogP contribution in [0.4, 0.5) is 0 Å². The lowest BCUT2D eigenvalue weighted by molar-refractivity contribution is 0.0667. The molecule has 27 heavy (non-hydrogen) atoms. The Bertz CT molecular complexity index is 878. The van der Waals surface area contributed by atoms with E-state index >= 15 is 0 Å². The molecule has 144 valence electrons. The van der Waals surface area contributed by atoms with Crippen LogP contribution in [0.1, 0.15) is 46.9 Å². The molecule has 0 bridgehead atoms. The Hall–Kier alpha value is -2.18. The average Bonchev–Trinajstić information content (AvgIpc) is 3.09. The van der Waals surface area contributed by atoms with Crippen LogP contribution in [0.15, 0.2) is 54.6 Å². The van der Waals surface area contributed by atoms with E-state index in [9.17, 15) is 18.3 Å². The summed E-state index contributed by atoms with van der Waals surface area (Å²) in [5.74, 6) is -0.0967. The number of nitrogens with zero attached hydrogens (tertiary/aromatic N) is 1. The van der Waals surface area contributed by atoms with Crippen molar-refractivity contribution < 1.29 is 18.3 Å². The molecule has 0 spiro atoms. The lowest BCUT2D eigenvalue weighted by atomic mass is 10.00. The van der Waals surface area contributed by atoms with Crippen molar-refractivity contribution in [2.45, 2.75) is 37.2 Å². The Kier molecular flexibility index (Phi) is 5.97. The monoisotopic (exact) mass is 387 g/mol. The van der Waals surface area contributed by atoms with E-state index in [4.69, 9.17) is 0 Å². The zero-order valence-electron chi connectivity index (χ0n) is 15.4. The van der Waals surface area contributed by atoms with E-state index < -0.39 is 15.9 Å². The highest BCUT2D eigenvalue weighted by atomic mass is 32.2. The van der Waals surface area contributed by atoms with Gasteiger partial charge in [0.25, 0.3) is 5.91 Å². The Morgan fingerprint density at radius 2 is 1.81 bits per heavy atom. The van der Waals surface area contributed by atoms with Gasteiger partial charge in [-0.05, 0) is 42.5 Å². The fraction of sp³-hybridized carbons (Fsp3) is 0.381. The molecule has 1 aliphatic rings. The van der Waals surface area contributed by atoms with Crippen molar-refractivity contribution >= 4 is 15.7 Å². The van der Waals surface area contributed by atoms with Gasteiger partial charge in [-0.1, -0.05) is 42.5 Å². The molecule has 1 amide bonds. The van der Waals surface area contributed by atoms with E-state index in [1.165, 1.54) is 6.26 Å². The van der Waals surface area contributed by atoms with Gasteiger partial charge in [0.05, 0.1) is 11.9 Å². The summed E-state index contributed by atoms with van der Waals surface area (Å²) in [6.07, 6.45) is 2.91. The summed E-state index contributed by atoms with van der Waals surface area (Å²) in [4.78, 5) is 14.7. The third-order valence-corrected chi connectivity index (χ3v) is 5.81. The lowest BCUT2D eigenvalue weighted by Crippen LogP contribution is -2.36. The van der Waals surface area contributed by atoms with Crippen molar-refractivity contribution in [1.82, 2.24) is 4.90 Å². The first-order chi connectivity index (χ1) is 12.8. The summed E-state index contributed by atoms with van der Waals surface area (Å²) >= 11 is 0. The standard InChI is InChI=1S/C21H25NO4S/c1-27(25,26)15-16-9-11-18(12-10-16)21(24)22-13-5-8-19(22)14-20(23)17-6-3-2-4-7-17/h2-4,6-7,9-12,19-20,23H,5,8,13-15H2,1H3. The first kappa shape index (κ1) is 19.6. The van der Waals surface area contributed by atoms with Crippen LogP contribution in [0.25, 0.3) is 0 Å². The van der Waals surface area contributed by atoms with Gasteiger partial charge in [-0.2, -0.15) is 0 Å². The minimum atomic E-state index is -3.10. The van der Waals surface area contributed by atoms with Crippen molar-refractivity contribution in [3.05, 3.63) is 71.3 Å². The molecule has 1 heterocycles. The van der Waals surface area contributed by atoms with Crippen molar-refractivity contribution in [3.63, 3.8) is 0 Å². The molecule has 1 N–H and O–H groups in total. The number of carbonyl (C=O) groups is 1. The van der Waals surface area contributed by atoms with E-state index in [1.54, 1.807) is 24.3 Å². The Balaban J connectivity index is 1.68. The van der Waals surface area contributed by atoms with Crippen molar-refractivity contribution in [3.8, 4) is 0 Å². The number of hydrogen-bond acceptors (Lipinski definition) is 4.